The predicted molar refractivity (Wildman–Crippen MR) is 249 cm³/mol. The average molecular weight is 759 g/mol. The van der Waals surface area contributed by atoms with E-state index >= 15 is 0 Å². The molecule has 0 amide bonds. The molecular formula is C55H38N2S. The van der Waals surface area contributed by atoms with Gasteiger partial charge < -0.3 is 9.47 Å². The summed E-state index contributed by atoms with van der Waals surface area (Å²) in [4.78, 5) is 2.47. The van der Waals surface area contributed by atoms with Crippen LogP contribution in [0.15, 0.2) is 194 Å². The zero-order valence-electron chi connectivity index (χ0n) is 32.3. The normalized spacial score (nSPS) is 13.1. The third-order valence-electron chi connectivity index (χ3n) is 12.6. The van der Waals surface area contributed by atoms with Gasteiger partial charge in [-0.3, -0.25) is 0 Å². The molecule has 2 aromatic heterocycles. The lowest BCUT2D eigenvalue weighted by Crippen LogP contribution is -2.16. The second-order valence-electron chi connectivity index (χ2n) is 16.1. The van der Waals surface area contributed by atoms with Crippen molar-refractivity contribution in [2.45, 2.75) is 19.3 Å². The van der Waals surface area contributed by atoms with Gasteiger partial charge in [-0.15, -0.1) is 11.3 Å². The number of benzene rings is 9. The van der Waals surface area contributed by atoms with Crippen LogP contribution in [0, 0.1) is 0 Å². The molecule has 0 radical (unpaired) electrons. The fourth-order valence-electron chi connectivity index (χ4n) is 9.76. The Kier molecular flexibility index (Phi) is 7.18. The van der Waals surface area contributed by atoms with Gasteiger partial charge in [-0.25, -0.2) is 0 Å². The predicted octanol–water partition coefficient (Wildman–Crippen LogP) is 15.7. The summed E-state index contributed by atoms with van der Waals surface area (Å²) in [6, 6.07) is 71.9. The van der Waals surface area contributed by atoms with Gasteiger partial charge in [0.1, 0.15) is 0 Å². The van der Waals surface area contributed by atoms with Crippen molar-refractivity contribution in [1.29, 1.82) is 0 Å². The highest BCUT2D eigenvalue weighted by molar-refractivity contribution is 7.26. The standard InChI is InChI=1S/C55H38N2S/c1-55(2)47-18-10-8-16-43(47)44-28-26-42(34-48(44)55)56(40-25-22-36-14-6-7-15-38(36)32-40)41-27-29-49-46(33-41)53-50(30-31-52-54(53)45-17-9-11-19-51(45)58-52)57(49)39-23-20-37(21-24-39)35-12-4-3-5-13-35/h3-34H,1-2H3. The maximum Gasteiger partial charge on any atom is 0.0548 e. The van der Waals surface area contributed by atoms with Crippen LogP contribution in [-0.4, -0.2) is 4.57 Å². The number of thiophene rings is 1. The van der Waals surface area contributed by atoms with Crippen LogP contribution in [-0.2, 0) is 5.41 Å². The summed E-state index contributed by atoms with van der Waals surface area (Å²) < 4.78 is 5.09. The van der Waals surface area contributed by atoms with Crippen LogP contribution in [0.3, 0.4) is 0 Å². The van der Waals surface area contributed by atoms with E-state index in [0.29, 0.717) is 0 Å². The minimum atomic E-state index is -0.115. The third-order valence-corrected chi connectivity index (χ3v) is 13.7. The number of hydrogen-bond acceptors (Lipinski definition) is 2. The van der Waals surface area contributed by atoms with Crippen molar-refractivity contribution in [2.75, 3.05) is 4.90 Å². The molecule has 0 saturated heterocycles. The van der Waals surface area contributed by atoms with Gasteiger partial charge in [-0.05, 0) is 117 Å². The summed E-state index contributed by atoms with van der Waals surface area (Å²) in [5.74, 6) is 0. The molecule has 0 aliphatic heterocycles. The largest absolute Gasteiger partial charge is 0.310 e. The van der Waals surface area contributed by atoms with Gasteiger partial charge in [0.15, 0.2) is 0 Å². The van der Waals surface area contributed by atoms with Crippen molar-refractivity contribution in [3.8, 4) is 27.9 Å². The van der Waals surface area contributed by atoms with Crippen molar-refractivity contribution in [3.05, 3.63) is 205 Å². The molecule has 0 saturated carbocycles. The van der Waals surface area contributed by atoms with Crippen LogP contribution >= 0.6 is 11.3 Å². The lowest BCUT2D eigenvalue weighted by Gasteiger charge is -2.28. The Hall–Kier alpha value is -6.94. The minimum absolute atomic E-state index is 0.115. The number of fused-ring (bicyclic) bond motifs is 11. The van der Waals surface area contributed by atoms with Crippen LogP contribution in [0.2, 0.25) is 0 Å². The Labute approximate surface area is 341 Å². The van der Waals surface area contributed by atoms with Crippen molar-refractivity contribution in [3.63, 3.8) is 0 Å². The average Bonchev–Trinajstić information content (AvgIpc) is 3.89. The summed E-state index contributed by atoms with van der Waals surface area (Å²) in [5, 5.41) is 7.64. The molecule has 58 heavy (non-hydrogen) atoms. The zero-order valence-corrected chi connectivity index (χ0v) is 33.1. The van der Waals surface area contributed by atoms with Gasteiger partial charge in [-0.2, -0.15) is 0 Å². The molecule has 12 rings (SSSR count). The Morgan fingerprint density at radius 1 is 0.431 bits per heavy atom. The molecular weight excluding hydrogens is 721 g/mol. The monoisotopic (exact) mass is 758 g/mol. The number of hydrogen-bond donors (Lipinski definition) is 0. The second-order valence-corrected chi connectivity index (χ2v) is 17.2. The van der Waals surface area contributed by atoms with Crippen molar-refractivity contribution < 1.29 is 0 Å². The summed E-state index contributed by atoms with van der Waals surface area (Å²) in [7, 11) is 0. The number of anilines is 3. The Bertz CT molecular complexity index is 3420. The quantitative estimate of drug-likeness (QED) is 0.170. The molecule has 2 nitrogen and oxygen atoms in total. The first-order chi connectivity index (χ1) is 28.5. The summed E-state index contributed by atoms with van der Waals surface area (Å²) in [6.07, 6.45) is 0. The van der Waals surface area contributed by atoms with E-state index in [1.807, 2.05) is 11.3 Å². The minimum Gasteiger partial charge on any atom is -0.310 e. The van der Waals surface area contributed by atoms with Crippen LogP contribution < -0.4 is 4.90 Å². The van der Waals surface area contributed by atoms with Gasteiger partial charge >= 0.3 is 0 Å². The highest BCUT2D eigenvalue weighted by Gasteiger charge is 2.36. The van der Waals surface area contributed by atoms with Crippen LogP contribution in [0.1, 0.15) is 25.0 Å². The Morgan fingerprint density at radius 3 is 1.97 bits per heavy atom. The highest BCUT2D eigenvalue weighted by atomic mass is 32.1. The van der Waals surface area contributed by atoms with Gasteiger partial charge in [-0.1, -0.05) is 135 Å². The van der Waals surface area contributed by atoms with Crippen LogP contribution in [0.5, 0.6) is 0 Å². The molecule has 0 spiro atoms. The van der Waals surface area contributed by atoms with E-state index < -0.39 is 0 Å². The Morgan fingerprint density at radius 2 is 1.09 bits per heavy atom. The smallest absolute Gasteiger partial charge is 0.0548 e. The Balaban J connectivity index is 1.12. The molecule has 2 heterocycles. The van der Waals surface area contributed by atoms with E-state index in [-0.39, 0.29) is 5.41 Å². The topological polar surface area (TPSA) is 8.17 Å². The lowest BCUT2D eigenvalue weighted by atomic mass is 9.82. The number of aromatic nitrogens is 1. The lowest BCUT2D eigenvalue weighted by molar-refractivity contribution is 0.660. The summed E-state index contributed by atoms with van der Waals surface area (Å²) in [5.41, 5.74) is 14.7. The van der Waals surface area contributed by atoms with E-state index in [0.717, 1.165) is 22.7 Å². The fourth-order valence-corrected chi connectivity index (χ4v) is 10.9. The van der Waals surface area contributed by atoms with Crippen LogP contribution in [0.4, 0.5) is 17.1 Å². The molecule has 9 aromatic carbocycles. The molecule has 0 unspecified atom stereocenters. The molecule has 0 N–H and O–H groups in total. The SMILES string of the molecule is CC1(C)c2ccccc2-c2ccc(N(c3ccc4ccccc4c3)c3ccc4c(c3)c3c5c(ccc3n4-c3ccc(-c4ccccc4)cc3)sc3ccccc35)cc21. The van der Waals surface area contributed by atoms with E-state index in [1.165, 1.54) is 86.1 Å². The molecule has 1 aliphatic rings. The molecule has 0 bridgehead atoms. The van der Waals surface area contributed by atoms with Crippen molar-refractivity contribution in [1.82, 2.24) is 4.57 Å². The van der Waals surface area contributed by atoms with Gasteiger partial charge in [0.2, 0.25) is 0 Å². The van der Waals surface area contributed by atoms with E-state index in [1.54, 1.807) is 0 Å². The first-order valence-electron chi connectivity index (χ1n) is 20.1. The second kappa shape index (κ2) is 12.5. The van der Waals surface area contributed by atoms with Crippen molar-refractivity contribution in [2.24, 2.45) is 0 Å². The molecule has 0 fully saturated rings. The maximum absolute atomic E-state index is 2.47. The molecule has 274 valence electrons. The zero-order chi connectivity index (χ0) is 38.5. The van der Waals surface area contributed by atoms with Gasteiger partial charge in [0, 0.05) is 59.1 Å². The maximum atomic E-state index is 2.47. The number of nitrogens with zero attached hydrogens (tertiary/aromatic N) is 2. The summed E-state index contributed by atoms with van der Waals surface area (Å²) >= 11 is 1.88. The van der Waals surface area contributed by atoms with E-state index in [4.69, 9.17) is 0 Å². The highest BCUT2D eigenvalue weighted by Crippen LogP contribution is 2.51. The number of rotatable bonds is 5. The first-order valence-corrected chi connectivity index (χ1v) is 20.9. The van der Waals surface area contributed by atoms with E-state index in [9.17, 15) is 0 Å². The molecule has 0 atom stereocenters. The van der Waals surface area contributed by atoms with E-state index in [2.05, 4.69) is 217 Å². The van der Waals surface area contributed by atoms with Crippen LogP contribution in [0.25, 0.3) is 80.7 Å². The third kappa shape index (κ3) is 4.90. The van der Waals surface area contributed by atoms with Gasteiger partial charge in [0.25, 0.3) is 0 Å². The molecule has 3 heteroatoms. The van der Waals surface area contributed by atoms with Gasteiger partial charge in [0.05, 0.1) is 11.0 Å². The fraction of sp³-hybridized carbons (Fsp3) is 0.0545. The molecule has 1 aliphatic carbocycles. The summed E-state index contributed by atoms with van der Waals surface area (Å²) in [6.45, 7) is 4.73. The van der Waals surface area contributed by atoms with Crippen molar-refractivity contribution >= 4 is 81.1 Å². The molecule has 11 aromatic rings. The first kappa shape index (κ1) is 33.2.